The van der Waals surface area contributed by atoms with Crippen LogP contribution in [0.3, 0.4) is 0 Å². The van der Waals surface area contributed by atoms with E-state index in [1.54, 1.807) is 0 Å². The number of nitriles is 1. The van der Waals surface area contributed by atoms with Crippen LogP contribution >= 0.6 is 15.9 Å². The van der Waals surface area contributed by atoms with Gasteiger partial charge in [0, 0.05) is 43.5 Å². The predicted molar refractivity (Wildman–Crippen MR) is 72.8 cm³/mol. The highest BCUT2D eigenvalue weighted by atomic mass is 79.9. The molecule has 0 fully saturated rings. The van der Waals surface area contributed by atoms with Crippen LogP contribution in [-0.4, -0.2) is 44.5 Å². The first kappa shape index (κ1) is 16.0. The second-order valence-electron chi connectivity index (χ2n) is 3.64. The van der Waals surface area contributed by atoms with Crippen LogP contribution in [0.2, 0.25) is 0 Å². The third kappa shape index (κ3) is 4.54. The molecule has 0 saturated heterocycles. The van der Waals surface area contributed by atoms with Gasteiger partial charge in [0.2, 0.25) is 10.0 Å². The van der Waals surface area contributed by atoms with Crippen molar-refractivity contribution in [2.24, 2.45) is 0 Å². The minimum atomic E-state index is -3.66. The standard InChI is InChI=1S/C11H14BrN3O3S/c1-18-6-5-15(4-2-3-13)19(16,17)11-7-10(12)8-14-9-11/h7-9H,2,4-6H2,1H3. The summed E-state index contributed by atoms with van der Waals surface area (Å²) in [6, 6.07) is 3.42. The van der Waals surface area contributed by atoms with E-state index in [0.717, 1.165) is 0 Å². The summed E-state index contributed by atoms with van der Waals surface area (Å²) in [5, 5.41) is 8.60. The maximum Gasteiger partial charge on any atom is 0.244 e. The Morgan fingerprint density at radius 2 is 2.21 bits per heavy atom. The molecular formula is C11H14BrN3O3S. The van der Waals surface area contributed by atoms with Gasteiger partial charge in [-0.1, -0.05) is 0 Å². The first-order valence-corrected chi connectivity index (χ1v) is 7.72. The summed E-state index contributed by atoms with van der Waals surface area (Å²) in [6.07, 6.45) is 2.92. The molecule has 0 aromatic carbocycles. The quantitative estimate of drug-likeness (QED) is 0.744. The van der Waals surface area contributed by atoms with Gasteiger partial charge < -0.3 is 4.74 Å². The second kappa shape index (κ2) is 7.55. The molecule has 1 heterocycles. The van der Waals surface area contributed by atoms with E-state index >= 15 is 0 Å². The first-order chi connectivity index (χ1) is 9.02. The van der Waals surface area contributed by atoms with Crippen LogP contribution in [0.1, 0.15) is 6.42 Å². The van der Waals surface area contributed by atoms with Crippen LogP contribution < -0.4 is 0 Å². The molecule has 0 spiro atoms. The average Bonchev–Trinajstić information content (AvgIpc) is 2.38. The van der Waals surface area contributed by atoms with Gasteiger partial charge in [-0.2, -0.15) is 9.57 Å². The summed E-state index contributed by atoms with van der Waals surface area (Å²) in [5.41, 5.74) is 0. The van der Waals surface area contributed by atoms with Gasteiger partial charge >= 0.3 is 0 Å². The molecule has 0 saturated carbocycles. The summed E-state index contributed by atoms with van der Waals surface area (Å²) in [4.78, 5) is 3.94. The van der Waals surface area contributed by atoms with Crippen molar-refractivity contribution < 1.29 is 13.2 Å². The lowest BCUT2D eigenvalue weighted by molar-refractivity contribution is 0.179. The number of hydrogen-bond acceptors (Lipinski definition) is 5. The van der Waals surface area contributed by atoms with Gasteiger partial charge in [-0.15, -0.1) is 0 Å². The molecule has 0 aliphatic carbocycles. The number of sulfonamides is 1. The van der Waals surface area contributed by atoms with Gasteiger partial charge in [-0.3, -0.25) is 4.98 Å². The molecule has 1 aromatic heterocycles. The van der Waals surface area contributed by atoms with Crippen molar-refractivity contribution in [1.82, 2.24) is 9.29 Å². The van der Waals surface area contributed by atoms with E-state index in [2.05, 4.69) is 20.9 Å². The molecule has 0 aliphatic heterocycles. The minimum Gasteiger partial charge on any atom is -0.383 e. The minimum absolute atomic E-state index is 0.0934. The van der Waals surface area contributed by atoms with Gasteiger partial charge in [0.25, 0.3) is 0 Å². The Hall–Kier alpha value is -1.01. The van der Waals surface area contributed by atoms with Crippen LogP contribution in [-0.2, 0) is 14.8 Å². The highest BCUT2D eigenvalue weighted by Crippen LogP contribution is 2.18. The summed E-state index contributed by atoms with van der Waals surface area (Å²) in [7, 11) is -2.16. The van der Waals surface area contributed by atoms with Crippen LogP contribution in [0.25, 0.3) is 0 Å². The molecule has 1 aromatic rings. The van der Waals surface area contributed by atoms with Crippen LogP contribution in [0.15, 0.2) is 27.8 Å². The van der Waals surface area contributed by atoms with Crippen LogP contribution in [0, 0.1) is 11.3 Å². The van der Waals surface area contributed by atoms with Crippen molar-refractivity contribution >= 4 is 26.0 Å². The molecule has 0 atom stereocenters. The Morgan fingerprint density at radius 3 is 2.79 bits per heavy atom. The largest absolute Gasteiger partial charge is 0.383 e. The Balaban J connectivity index is 3.01. The Labute approximate surface area is 121 Å². The summed E-state index contributed by atoms with van der Waals surface area (Å²) >= 11 is 3.19. The predicted octanol–water partition coefficient (Wildman–Crippen LogP) is 1.39. The highest BCUT2D eigenvalue weighted by molar-refractivity contribution is 9.10. The summed E-state index contributed by atoms with van der Waals surface area (Å²) < 4.78 is 31.5. The van der Waals surface area contributed by atoms with Gasteiger partial charge in [0.15, 0.2) is 0 Å². The maximum absolute atomic E-state index is 12.4. The summed E-state index contributed by atoms with van der Waals surface area (Å²) in [5.74, 6) is 0. The third-order valence-corrected chi connectivity index (χ3v) is 4.63. The van der Waals surface area contributed by atoms with E-state index in [1.165, 1.54) is 29.9 Å². The molecule has 0 aliphatic rings. The zero-order chi connectivity index (χ0) is 14.3. The van der Waals surface area contributed by atoms with Gasteiger partial charge in [-0.25, -0.2) is 8.42 Å². The first-order valence-electron chi connectivity index (χ1n) is 5.49. The summed E-state index contributed by atoms with van der Waals surface area (Å²) in [6.45, 7) is 0.605. The lowest BCUT2D eigenvalue weighted by atomic mass is 10.4. The number of rotatable bonds is 7. The molecule has 0 N–H and O–H groups in total. The molecule has 0 amide bonds. The number of pyridine rings is 1. The normalized spacial score (nSPS) is 11.5. The Bertz CT molecular complexity index is 557. The molecule has 104 valence electrons. The molecule has 1 rings (SSSR count). The van der Waals surface area contributed by atoms with Crippen molar-refractivity contribution in [3.8, 4) is 6.07 Å². The van der Waals surface area contributed by atoms with E-state index in [1.807, 2.05) is 6.07 Å². The number of halogens is 1. The third-order valence-electron chi connectivity index (χ3n) is 2.34. The van der Waals surface area contributed by atoms with Gasteiger partial charge in [0.1, 0.15) is 4.90 Å². The SMILES string of the molecule is COCCN(CCC#N)S(=O)(=O)c1cncc(Br)c1. The van der Waals surface area contributed by atoms with Crippen molar-refractivity contribution in [2.45, 2.75) is 11.3 Å². The number of aromatic nitrogens is 1. The molecule has 6 nitrogen and oxygen atoms in total. The van der Waals surface area contributed by atoms with E-state index < -0.39 is 10.0 Å². The van der Waals surface area contributed by atoms with E-state index in [4.69, 9.17) is 10.00 Å². The lowest BCUT2D eigenvalue weighted by Crippen LogP contribution is -2.34. The zero-order valence-corrected chi connectivity index (χ0v) is 12.8. The Morgan fingerprint density at radius 1 is 1.47 bits per heavy atom. The topological polar surface area (TPSA) is 83.3 Å². The average molecular weight is 348 g/mol. The van der Waals surface area contributed by atoms with Crippen molar-refractivity contribution in [3.63, 3.8) is 0 Å². The van der Waals surface area contributed by atoms with Crippen LogP contribution in [0.4, 0.5) is 0 Å². The fraction of sp³-hybridized carbons (Fsp3) is 0.455. The molecular weight excluding hydrogens is 334 g/mol. The van der Waals surface area contributed by atoms with Crippen molar-refractivity contribution in [2.75, 3.05) is 26.8 Å². The number of ether oxygens (including phenoxy) is 1. The van der Waals surface area contributed by atoms with Gasteiger partial charge in [0.05, 0.1) is 12.7 Å². The van der Waals surface area contributed by atoms with Crippen LogP contribution in [0.5, 0.6) is 0 Å². The Kier molecular flexibility index (Phi) is 6.37. The number of hydrogen-bond donors (Lipinski definition) is 0. The van der Waals surface area contributed by atoms with E-state index in [0.29, 0.717) is 4.47 Å². The fourth-order valence-electron chi connectivity index (χ4n) is 1.40. The zero-order valence-electron chi connectivity index (χ0n) is 10.4. The maximum atomic E-state index is 12.4. The van der Waals surface area contributed by atoms with Crippen molar-refractivity contribution in [3.05, 3.63) is 22.9 Å². The fourth-order valence-corrected chi connectivity index (χ4v) is 3.33. The smallest absolute Gasteiger partial charge is 0.244 e. The van der Waals surface area contributed by atoms with E-state index in [9.17, 15) is 8.42 Å². The molecule has 19 heavy (non-hydrogen) atoms. The molecule has 0 bridgehead atoms. The van der Waals surface area contributed by atoms with Gasteiger partial charge in [-0.05, 0) is 22.0 Å². The second-order valence-corrected chi connectivity index (χ2v) is 6.50. The highest BCUT2D eigenvalue weighted by Gasteiger charge is 2.24. The van der Waals surface area contributed by atoms with Crippen molar-refractivity contribution in [1.29, 1.82) is 5.26 Å². The molecule has 0 radical (unpaired) electrons. The molecule has 8 heteroatoms. The number of methoxy groups -OCH3 is 1. The lowest BCUT2D eigenvalue weighted by Gasteiger charge is -2.20. The number of nitrogens with zero attached hydrogens (tertiary/aromatic N) is 3. The molecule has 0 unspecified atom stereocenters. The van der Waals surface area contributed by atoms with E-state index in [-0.39, 0.29) is 31.0 Å². The monoisotopic (exact) mass is 347 g/mol.